The molecular formula is C30H22ClFN4O5S. The highest BCUT2D eigenvalue weighted by molar-refractivity contribution is 7.92. The number of nitrogens with zero attached hydrogens (tertiary/aromatic N) is 3. The molecule has 0 atom stereocenters. The first-order chi connectivity index (χ1) is 20.0. The minimum atomic E-state index is -3.73. The molecule has 0 aliphatic carbocycles. The summed E-state index contributed by atoms with van der Waals surface area (Å²) in [6, 6.07) is 17.4. The van der Waals surface area contributed by atoms with E-state index in [4.69, 9.17) is 20.4 Å². The van der Waals surface area contributed by atoms with Gasteiger partial charge >= 0.3 is 0 Å². The van der Waals surface area contributed by atoms with Gasteiger partial charge in [0.15, 0.2) is 0 Å². The number of rotatable bonds is 6. The average Bonchev–Trinajstić information content (AvgIpc) is 3.57. The summed E-state index contributed by atoms with van der Waals surface area (Å²) >= 11 is 6.56. The number of carbonyl (C=O) groups excluding carboxylic acids is 1. The van der Waals surface area contributed by atoms with Crippen molar-refractivity contribution in [3.05, 3.63) is 89.3 Å². The van der Waals surface area contributed by atoms with Crippen LogP contribution in [0.1, 0.15) is 10.4 Å². The van der Waals surface area contributed by atoms with E-state index in [1.54, 1.807) is 48.7 Å². The standard InChI is InChI=1S/C30H22ClFN4O5S/c1-33-28(37)26-22-14-21(17-11-18(13-19(31)12-17)29-35-23-5-4-10-34-30(23)41-29)24(36(2)42(3,38)39)15-25(22)40-27(26)16-6-8-20(32)9-7-16/h4-15H,1-3H3,(H,33,37). The van der Waals surface area contributed by atoms with Crippen molar-refractivity contribution in [2.75, 3.05) is 24.7 Å². The zero-order chi connectivity index (χ0) is 29.8. The Bertz CT molecular complexity index is 2090. The van der Waals surface area contributed by atoms with Crippen molar-refractivity contribution in [2.24, 2.45) is 0 Å². The molecule has 0 unspecified atom stereocenters. The molecule has 0 aliphatic heterocycles. The van der Waals surface area contributed by atoms with Gasteiger partial charge in [-0.25, -0.2) is 22.8 Å². The van der Waals surface area contributed by atoms with Crippen LogP contribution in [0.15, 0.2) is 81.8 Å². The number of nitrogens with one attached hydrogen (secondary N) is 1. The number of fused-ring (bicyclic) bond motifs is 2. The normalized spacial score (nSPS) is 11.7. The molecule has 0 saturated carbocycles. The first-order valence-electron chi connectivity index (χ1n) is 12.6. The SMILES string of the molecule is CNC(=O)c1c(-c2ccc(F)cc2)oc2cc(N(C)S(C)(=O)=O)c(-c3cc(Cl)cc(-c4nc5cccnc5o4)c3)cc12. The average molecular weight is 605 g/mol. The number of furan rings is 1. The number of halogens is 2. The second kappa shape index (κ2) is 10.3. The van der Waals surface area contributed by atoms with Gasteiger partial charge in [-0.2, -0.15) is 0 Å². The Morgan fingerprint density at radius 1 is 1.00 bits per heavy atom. The molecule has 6 aromatic rings. The quantitative estimate of drug-likeness (QED) is 0.230. The van der Waals surface area contributed by atoms with Crippen molar-refractivity contribution in [3.63, 3.8) is 0 Å². The molecule has 0 saturated heterocycles. The lowest BCUT2D eigenvalue weighted by Gasteiger charge is -2.21. The minimum Gasteiger partial charge on any atom is -0.455 e. The summed E-state index contributed by atoms with van der Waals surface area (Å²) < 4.78 is 52.2. The van der Waals surface area contributed by atoms with E-state index in [1.807, 2.05) is 0 Å². The molecule has 42 heavy (non-hydrogen) atoms. The van der Waals surface area contributed by atoms with Gasteiger partial charge in [0.2, 0.25) is 21.6 Å². The van der Waals surface area contributed by atoms with Crippen LogP contribution in [0.25, 0.3) is 56.1 Å². The van der Waals surface area contributed by atoms with E-state index in [-0.39, 0.29) is 28.5 Å². The molecule has 9 nitrogen and oxygen atoms in total. The first-order valence-corrected chi connectivity index (χ1v) is 14.8. The maximum Gasteiger partial charge on any atom is 0.255 e. The number of benzene rings is 3. The predicted molar refractivity (Wildman–Crippen MR) is 159 cm³/mol. The first kappa shape index (κ1) is 27.4. The van der Waals surface area contributed by atoms with Crippen LogP contribution in [0.3, 0.4) is 0 Å². The Kier molecular flexibility index (Phi) is 6.71. The van der Waals surface area contributed by atoms with Gasteiger partial charge in [-0.15, -0.1) is 0 Å². The number of hydrogen-bond acceptors (Lipinski definition) is 7. The van der Waals surface area contributed by atoms with Crippen LogP contribution >= 0.6 is 11.6 Å². The van der Waals surface area contributed by atoms with E-state index >= 15 is 0 Å². The van der Waals surface area contributed by atoms with Gasteiger partial charge in [-0.3, -0.25) is 9.10 Å². The van der Waals surface area contributed by atoms with Gasteiger partial charge in [-0.1, -0.05) is 11.6 Å². The highest BCUT2D eigenvalue weighted by atomic mass is 35.5. The van der Waals surface area contributed by atoms with Gasteiger partial charge in [0.05, 0.1) is 17.5 Å². The summed E-state index contributed by atoms with van der Waals surface area (Å²) in [6.07, 6.45) is 2.68. The number of hydrogen-bond donors (Lipinski definition) is 1. The van der Waals surface area contributed by atoms with E-state index in [0.717, 1.165) is 10.6 Å². The predicted octanol–water partition coefficient (Wildman–Crippen LogP) is 6.52. The highest BCUT2D eigenvalue weighted by Gasteiger charge is 2.26. The molecule has 1 N–H and O–H groups in total. The smallest absolute Gasteiger partial charge is 0.255 e. The molecule has 0 spiro atoms. The summed E-state index contributed by atoms with van der Waals surface area (Å²) in [5, 5.41) is 3.39. The summed E-state index contributed by atoms with van der Waals surface area (Å²) in [7, 11) is -0.822. The summed E-state index contributed by atoms with van der Waals surface area (Å²) in [4.78, 5) is 21.9. The largest absolute Gasteiger partial charge is 0.455 e. The number of aromatic nitrogens is 2. The highest BCUT2D eigenvalue weighted by Crippen LogP contribution is 2.42. The van der Waals surface area contributed by atoms with Crippen LogP contribution in [0.4, 0.5) is 10.1 Å². The molecule has 3 aromatic carbocycles. The number of oxazole rings is 1. The number of amides is 1. The fraction of sp³-hybridized carbons (Fsp3) is 0.100. The molecule has 0 fully saturated rings. The van der Waals surface area contributed by atoms with Crippen molar-refractivity contribution in [3.8, 4) is 33.9 Å². The van der Waals surface area contributed by atoms with E-state index in [1.165, 1.54) is 38.4 Å². The molecular weight excluding hydrogens is 583 g/mol. The molecule has 0 aliphatic rings. The molecule has 6 rings (SSSR count). The van der Waals surface area contributed by atoms with Gasteiger partial charge in [0, 0.05) is 53.5 Å². The van der Waals surface area contributed by atoms with Gasteiger partial charge in [0.25, 0.3) is 5.91 Å². The van der Waals surface area contributed by atoms with Crippen molar-refractivity contribution in [2.45, 2.75) is 0 Å². The molecule has 3 aromatic heterocycles. The van der Waals surface area contributed by atoms with Gasteiger partial charge in [-0.05, 0) is 66.2 Å². The summed E-state index contributed by atoms with van der Waals surface area (Å²) in [5.41, 5.74) is 3.66. The molecule has 0 bridgehead atoms. The second-order valence-corrected chi connectivity index (χ2v) is 12.0. The van der Waals surface area contributed by atoms with E-state index in [9.17, 15) is 17.6 Å². The van der Waals surface area contributed by atoms with Gasteiger partial charge < -0.3 is 14.2 Å². The monoisotopic (exact) mass is 604 g/mol. The minimum absolute atomic E-state index is 0.209. The molecule has 12 heteroatoms. The lowest BCUT2D eigenvalue weighted by Crippen LogP contribution is -2.25. The third-order valence-corrected chi connectivity index (χ3v) is 8.24. The van der Waals surface area contributed by atoms with Crippen LogP contribution in [0.5, 0.6) is 0 Å². The Morgan fingerprint density at radius 3 is 2.43 bits per heavy atom. The van der Waals surface area contributed by atoms with Crippen molar-refractivity contribution >= 4 is 55.4 Å². The van der Waals surface area contributed by atoms with Gasteiger partial charge in [0.1, 0.15) is 22.7 Å². The zero-order valence-corrected chi connectivity index (χ0v) is 24.0. The Morgan fingerprint density at radius 2 is 1.74 bits per heavy atom. The van der Waals surface area contributed by atoms with Crippen LogP contribution in [-0.2, 0) is 10.0 Å². The topological polar surface area (TPSA) is 119 Å². The van der Waals surface area contributed by atoms with Crippen molar-refractivity contribution in [1.29, 1.82) is 0 Å². The molecule has 1 amide bonds. The summed E-state index contributed by atoms with van der Waals surface area (Å²) in [5.74, 6) is -0.393. The van der Waals surface area contributed by atoms with Crippen LogP contribution in [-0.4, -0.2) is 44.6 Å². The number of anilines is 1. The van der Waals surface area contributed by atoms with Crippen molar-refractivity contribution in [1.82, 2.24) is 15.3 Å². The number of sulfonamides is 1. The fourth-order valence-electron chi connectivity index (χ4n) is 4.72. The lowest BCUT2D eigenvalue weighted by molar-refractivity contribution is 0.0964. The van der Waals surface area contributed by atoms with E-state index in [0.29, 0.717) is 43.9 Å². The van der Waals surface area contributed by atoms with Crippen LogP contribution in [0, 0.1) is 5.82 Å². The zero-order valence-electron chi connectivity index (χ0n) is 22.5. The van der Waals surface area contributed by atoms with Crippen LogP contribution in [0.2, 0.25) is 5.02 Å². The molecule has 0 radical (unpaired) electrons. The Balaban J connectivity index is 1.63. The van der Waals surface area contributed by atoms with Crippen molar-refractivity contribution < 1.29 is 26.4 Å². The number of pyridine rings is 1. The van der Waals surface area contributed by atoms with E-state index in [2.05, 4.69) is 15.3 Å². The summed E-state index contributed by atoms with van der Waals surface area (Å²) in [6.45, 7) is 0. The fourth-order valence-corrected chi connectivity index (χ4v) is 5.46. The lowest BCUT2D eigenvalue weighted by atomic mass is 9.97. The second-order valence-electron chi connectivity index (χ2n) is 9.56. The third kappa shape index (κ3) is 4.86. The third-order valence-electron chi connectivity index (χ3n) is 6.83. The maximum atomic E-state index is 13.7. The molecule has 3 heterocycles. The Labute approximate surface area is 244 Å². The van der Waals surface area contributed by atoms with Crippen LogP contribution < -0.4 is 9.62 Å². The molecule has 212 valence electrons. The maximum absolute atomic E-state index is 13.7. The van der Waals surface area contributed by atoms with E-state index < -0.39 is 21.7 Å². The number of carbonyl (C=O) groups is 1. The Hall–Kier alpha value is -4.74.